The van der Waals surface area contributed by atoms with Crippen molar-refractivity contribution in [2.45, 2.75) is 13.3 Å². The lowest BCUT2D eigenvalue weighted by Gasteiger charge is -2.12. The number of aliphatic carboxylic acids is 1. The number of carbonyl (C=O) groups excluding carboxylic acids is 1. The zero-order valence-electron chi connectivity index (χ0n) is 10.9. The van der Waals surface area contributed by atoms with E-state index in [1.807, 2.05) is 0 Å². The molecule has 1 amide bonds. The van der Waals surface area contributed by atoms with Gasteiger partial charge >= 0.3 is 5.97 Å². The van der Waals surface area contributed by atoms with Gasteiger partial charge in [0, 0.05) is 6.54 Å². The molecule has 0 aromatic heterocycles. The van der Waals surface area contributed by atoms with Crippen molar-refractivity contribution in [2.75, 3.05) is 13.2 Å². The highest BCUT2D eigenvalue weighted by atomic mass is 79.9. The number of rotatable bonds is 7. The van der Waals surface area contributed by atoms with Crippen LogP contribution in [-0.2, 0) is 9.59 Å². The SMILES string of the molecule is CCC(CNC(=O)COc1ccc(F)cc1Br)C(=O)O. The Labute approximate surface area is 124 Å². The van der Waals surface area contributed by atoms with Crippen LogP contribution < -0.4 is 10.1 Å². The van der Waals surface area contributed by atoms with Crippen molar-refractivity contribution in [3.05, 3.63) is 28.5 Å². The van der Waals surface area contributed by atoms with Crippen LogP contribution in [0.15, 0.2) is 22.7 Å². The standard InChI is InChI=1S/C13H15BrFNO4/c1-2-8(13(18)19)6-16-12(17)7-20-11-4-3-9(15)5-10(11)14/h3-5,8H,2,6-7H2,1H3,(H,16,17)(H,18,19). The van der Waals surface area contributed by atoms with Gasteiger partial charge in [-0.05, 0) is 40.5 Å². The smallest absolute Gasteiger partial charge is 0.308 e. The van der Waals surface area contributed by atoms with Crippen LogP contribution in [0.2, 0.25) is 0 Å². The van der Waals surface area contributed by atoms with Gasteiger partial charge in [0.15, 0.2) is 6.61 Å². The van der Waals surface area contributed by atoms with Crippen LogP contribution in [0, 0.1) is 11.7 Å². The lowest BCUT2D eigenvalue weighted by Crippen LogP contribution is -2.35. The predicted octanol–water partition coefficient (Wildman–Crippen LogP) is 2.19. The van der Waals surface area contributed by atoms with E-state index in [4.69, 9.17) is 9.84 Å². The molecule has 0 heterocycles. The van der Waals surface area contributed by atoms with Crippen molar-refractivity contribution in [3.8, 4) is 5.75 Å². The molecule has 0 bridgehead atoms. The summed E-state index contributed by atoms with van der Waals surface area (Å²) in [5.41, 5.74) is 0. The Morgan fingerprint density at radius 2 is 2.20 bits per heavy atom. The van der Waals surface area contributed by atoms with Crippen LogP contribution in [0.5, 0.6) is 5.75 Å². The van der Waals surface area contributed by atoms with Crippen molar-refractivity contribution in [1.29, 1.82) is 0 Å². The van der Waals surface area contributed by atoms with Gasteiger partial charge in [0.2, 0.25) is 0 Å². The molecule has 110 valence electrons. The Kier molecular flexibility index (Phi) is 6.44. The summed E-state index contributed by atoms with van der Waals surface area (Å²) in [6, 6.07) is 3.85. The first kappa shape index (κ1) is 16.4. The van der Waals surface area contributed by atoms with Gasteiger partial charge in [-0.2, -0.15) is 0 Å². The minimum absolute atomic E-state index is 0.0542. The first-order valence-corrected chi connectivity index (χ1v) is 6.80. The fourth-order valence-corrected chi connectivity index (χ4v) is 1.90. The Morgan fingerprint density at radius 1 is 1.50 bits per heavy atom. The van der Waals surface area contributed by atoms with E-state index < -0.39 is 23.6 Å². The topological polar surface area (TPSA) is 75.6 Å². The zero-order valence-corrected chi connectivity index (χ0v) is 12.4. The van der Waals surface area contributed by atoms with Gasteiger partial charge in [-0.25, -0.2) is 4.39 Å². The average molecular weight is 348 g/mol. The summed E-state index contributed by atoms with van der Waals surface area (Å²) in [5.74, 6) is -2.07. The number of nitrogens with one attached hydrogen (secondary N) is 1. The second-order valence-electron chi connectivity index (χ2n) is 4.11. The summed E-state index contributed by atoms with van der Waals surface area (Å²) >= 11 is 3.12. The molecule has 0 aliphatic heterocycles. The molecule has 1 rings (SSSR count). The predicted molar refractivity (Wildman–Crippen MR) is 74.0 cm³/mol. The number of amides is 1. The molecular formula is C13H15BrFNO4. The van der Waals surface area contributed by atoms with E-state index in [1.165, 1.54) is 18.2 Å². The Balaban J connectivity index is 2.41. The first-order valence-electron chi connectivity index (χ1n) is 6.01. The van der Waals surface area contributed by atoms with Gasteiger partial charge in [0.05, 0.1) is 10.4 Å². The maximum absolute atomic E-state index is 12.9. The molecule has 2 N–H and O–H groups in total. The fraction of sp³-hybridized carbons (Fsp3) is 0.385. The van der Waals surface area contributed by atoms with Crippen LogP contribution in [0.25, 0.3) is 0 Å². The van der Waals surface area contributed by atoms with E-state index >= 15 is 0 Å². The summed E-state index contributed by atoms with van der Waals surface area (Å²) < 4.78 is 18.5. The number of halogens is 2. The maximum atomic E-state index is 12.9. The Morgan fingerprint density at radius 3 is 2.75 bits per heavy atom. The molecular weight excluding hydrogens is 333 g/mol. The molecule has 0 saturated heterocycles. The number of hydrogen-bond acceptors (Lipinski definition) is 3. The third-order valence-corrected chi connectivity index (χ3v) is 3.26. The number of hydrogen-bond donors (Lipinski definition) is 2. The van der Waals surface area contributed by atoms with Gasteiger partial charge in [-0.3, -0.25) is 9.59 Å². The number of ether oxygens (including phenoxy) is 1. The summed E-state index contributed by atoms with van der Waals surface area (Å²) in [4.78, 5) is 22.3. The normalized spacial score (nSPS) is 11.8. The molecule has 0 aliphatic rings. The second kappa shape index (κ2) is 7.84. The van der Waals surface area contributed by atoms with E-state index in [1.54, 1.807) is 6.92 Å². The van der Waals surface area contributed by atoms with E-state index in [2.05, 4.69) is 21.2 Å². The molecule has 1 aromatic rings. The molecule has 0 saturated carbocycles. The lowest BCUT2D eigenvalue weighted by atomic mass is 10.1. The van der Waals surface area contributed by atoms with Crippen molar-refractivity contribution < 1.29 is 23.8 Å². The molecule has 20 heavy (non-hydrogen) atoms. The van der Waals surface area contributed by atoms with Crippen LogP contribution in [0.3, 0.4) is 0 Å². The monoisotopic (exact) mass is 347 g/mol. The van der Waals surface area contributed by atoms with Crippen molar-refractivity contribution in [2.24, 2.45) is 5.92 Å². The minimum atomic E-state index is -0.949. The molecule has 0 aliphatic carbocycles. The Hall–Kier alpha value is -1.63. The third kappa shape index (κ3) is 5.16. The second-order valence-corrected chi connectivity index (χ2v) is 4.97. The number of carboxylic acid groups (broad SMARTS) is 1. The van der Waals surface area contributed by atoms with Crippen molar-refractivity contribution >= 4 is 27.8 Å². The van der Waals surface area contributed by atoms with E-state index in [9.17, 15) is 14.0 Å². The van der Waals surface area contributed by atoms with Gasteiger partial charge in [0.25, 0.3) is 5.91 Å². The average Bonchev–Trinajstić information content (AvgIpc) is 2.38. The summed E-state index contributed by atoms with van der Waals surface area (Å²) in [7, 11) is 0. The highest BCUT2D eigenvalue weighted by Crippen LogP contribution is 2.25. The quantitative estimate of drug-likeness (QED) is 0.792. The minimum Gasteiger partial charge on any atom is -0.483 e. The maximum Gasteiger partial charge on any atom is 0.308 e. The molecule has 1 atom stereocenters. The van der Waals surface area contributed by atoms with Crippen LogP contribution in [0.4, 0.5) is 4.39 Å². The molecule has 1 aromatic carbocycles. The lowest BCUT2D eigenvalue weighted by molar-refractivity contribution is -0.141. The van der Waals surface area contributed by atoms with Gasteiger partial charge in [-0.1, -0.05) is 6.92 Å². The summed E-state index contributed by atoms with van der Waals surface area (Å²) in [6.45, 7) is 1.52. The number of carbonyl (C=O) groups is 2. The van der Waals surface area contributed by atoms with Gasteiger partial charge in [0.1, 0.15) is 11.6 Å². The molecule has 7 heteroatoms. The molecule has 1 unspecified atom stereocenters. The van der Waals surface area contributed by atoms with Crippen LogP contribution >= 0.6 is 15.9 Å². The van der Waals surface area contributed by atoms with E-state index in [0.29, 0.717) is 16.6 Å². The highest BCUT2D eigenvalue weighted by Gasteiger charge is 2.16. The van der Waals surface area contributed by atoms with Crippen molar-refractivity contribution in [1.82, 2.24) is 5.32 Å². The zero-order chi connectivity index (χ0) is 15.1. The molecule has 0 fully saturated rings. The van der Waals surface area contributed by atoms with E-state index in [0.717, 1.165) is 0 Å². The fourth-order valence-electron chi connectivity index (χ4n) is 1.43. The third-order valence-electron chi connectivity index (χ3n) is 2.64. The Bertz CT molecular complexity index is 495. The first-order chi connectivity index (χ1) is 9.43. The largest absolute Gasteiger partial charge is 0.483 e. The van der Waals surface area contributed by atoms with E-state index in [-0.39, 0.29) is 13.2 Å². The van der Waals surface area contributed by atoms with Gasteiger partial charge in [-0.15, -0.1) is 0 Å². The van der Waals surface area contributed by atoms with Crippen molar-refractivity contribution in [3.63, 3.8) is 0 Å². The molecule has 0 spiro atoms. The number of carboxylic acids is 1. The van der Waals surface area contributed by atoms with Crippen LogP contribution in [-0.4, -0.2) is 30.1 Å². The number of benzene rings is 1. The summed E-state index contributed by atoms with van der Waals surface area (Å²) in [6.07, 6.45) is 0.431. The summed E-state index contributed by atoms with van der Waals surface area (Å²) in [5, 5.41) is 11.3. The molecule has 0 radical (unpaired) electrons. The van der Waals surface area contributed by atoms with Gasteiger partial charge < -0.3 is 15.2 Å². The molecule has 5 nitrogen and oxygen atoms in total. The van der Waals surface area contributed by atoms with Crippen LogP contribution in [0.1, 0.15) is 13.3 Å². The highest BCUT2D eigenvalue weighted by molar-refractivity contribution is 9.10.